The molecule has 0 aromatic carbocycles. The molecule has 0 bridgehead atoms. The van der Waals surface area contributed by atoms with E-state index in [-0.39, 0.29) is 16.0 Å². The number of rotatable bonds is 4. The van der Waals surface area contributed by atoms with E-state index < -0.39 is 0 Å². The number of thiophene rings is 1. The maximum absolute atomic E-state index is 10.4. The fourth-order valence-electron chi connectivity index (χ4n) is 1.04. The molecule has 1 unspecified atom stereocenters. The molecule has 1 atom stereocenters. The third-order valence-corrected chi connectivity index (χ3v) is 3.18. The van der Waals surface area contributed by atoms with Crippen LogP contribution in [0.25, 0.3) is 0 Å². The number of nitro groups is 1. The van der Waals surface area contributed by atoms with E-state index in [4.69, 9.17) is 5.73 Å². The SMILES string of the molecule is CC(C)C(N)Cc1ccc([N+](=O)[O-])s1. The first kappa shape index (κ1) is 11.1. The van der Waals surface area contributed by atoms with Crippen molar-refractivity contribution in [1.29, 1.82) is 0 Å². The molecule has 5 heteroatoms. The highest BCUT2D eigenvalue weighted by Crippen LogP contribution is 2.25. The van der Waals surface area contributed by atoms with Gasteiger partial charge in [0.05, 0.1) is 4.92 Å². The summed E-state index contributed by atoms with van der Waals surface area (Å²) in [5.41, 5.74) is 5.87. The Kier molecular flexibility index (Phi) is 3.60. The summed E-state index contributed by atoms with van der Waals surface area (Å²) in [5.74, 6) is 0.399. The van der Waals surface area contributed by atoms with Crippen LogP contribution in [0, 0.1) is 16.0 Å². The average molecular weight is 214 g/mol. The quantitative estimate of drug-likeness (QED) is 0.617. The van der Waals surface area contributed by atoms with Crippen LogP contribution in [0.15, 0.2) is 12.1 Å². The van der Waals surface area contributed by atoms with Crippen molar-refractivity contribution in [3.63, 3.8) is 0 Å². The zero-order chi connectivity index (χ0) is 10.7. The summed E-state index contributed by atoms with van der Waals surface area (Å²) in [6, 6.07) is 3.39. The molecule has 0 aliphatic rings. The molecule has 78 valence electrons. The molecule has 0 aliphatic carbocycles. The zero-order valence-corrected chi connectivity index (χ0v) is 9.08. The van der Waals surface area contributed by atoms with E-state index in [9.17, 15) is 10.1 Å². The van der Waals surface area contributed by atoms with Crippen molar-refractivity contribution < 1.29 is 4.92 Å². The van der Waals surface area contributed by atoms with Crippen molar-refractivity contribution >= 4 is 16.3 Å². The van der Waals surface area contributed by atoms with Crippen LogP contribution >= 0.6 is 11.3 Å². The van der Waals surface area contributed by atoms with Gasteiger partial charge in [-0.3, -0.25) is 10.1 Å². The molecule has 14 heavy (non-hydrogen) atoms. The lowest BCUT2D eigenvalue weighted by Gasteiger charge is -2.13. The van der Waals surface area contributed by atoms with Crippen LogP contribution in [0.5, 0.6) is 0 Å². The van der Waals surface area contributed by atoms with E-state index in [2.05, 4.69) is 0 Å². The van der Waals surface area contributed by atoms with Crippen molar-refractivity contribution in [2.24, 2.45) is 11.7 Å². The minimum absolute atomic E-state index is 0.0771. The lowest BCUT2D eigenvalue weighted by Crippen LogP contribution is -2.28. The van der Waals surface area contributed by atoms with E-state index in [0.29, 0.717) is 5.92 Å². The van der Waals surface area contributed by atoms with Gasteiger partial charge in [-0.1, -0.05) is 25.2 Å². The lowest BCUT2D eigenvalue weighted by atomic mass is 10.0. The van der Waals surface area contributed by atoms with Gasteiger partial charge in [0.15, 0.2) is 0 Å². The predicted octanol–water partition coefficient (Wildman–Crippen LogP) is 2.18. The van der Waals surface area contributed by atoms with Gasteiger partial charge in [-0.05, 0) is 18.4 Å². The summed E-state index contributed by atoms with van der Waals surface area (Å²) in [5, 5.41) is 10.6. The van der Waals surface area contributed by atoms with Crippen LogP contribution in [0.4, 0.5) is 5.00 Å². The predicted molar refractivity (Wildman–Crippen MR) is 57.5 cm³/mol. The Bertz CT molecular complexity index is 322. The highest BCUT2D eigenvalue weighted by molar-refractivity contribution is 7.15. The van der Waals surface area contributed by atoms with Crippen LogP contribution in [0.3, 0.4) is 0 Å². The standard InChI is InChI=1S/C9H14N2O2S/c1-6(2)8(10)5-7-3-4-9(14-7)11(12)13/h3-4,6,8H,5,10H2,1-2H3. The molecule has 1 aromatic heterocycles. The Hall–Kier alpha value is -0.940. The van der Waals surface area contributed by atoms with E-state index in [1.165, 1.54) is 17.4 Å². The largest absolute Gasteiger partial charge is 0.327 e. The van der Waals surface area contributed by atoms with Gasteiger partial charge in [0.1, 0.15) is 0 Å². The fraction of sp³-hybridized carbons (Fsp3) is 0.556. The van der Waals surface area contributed by atoms with Gasteiger partial charge in [-0.15, -0.1) is 0 Å². The van der Waals surface area contributed by atoms with E-state index in [0.717, 1.165) is 11.3 Å². The zero-order valence-electron chi connectivity index (χ0n) is 8.27. The van der Waals surface area contributed by atoms with Crippen molar-refractivity contribution in [1.82, 2.24) is 0 Å². The molecule has 0 amide bonds. The Morgan fingerprint density at radius 2 is 2.21 bits per heavy atom. The van der Waals surface area contributed by atoms with Gasteiger partial charge >= 0.3 is 5.00 Å². The number of nitrogens with two attached hydrogens (primary N) is 1. The van der Waals surface area contributed by atoms with Crippen molar-refractivity contribution in [3.8, 4) is 0 Å². The smallest absolute Gasteiger partial charge is 0.324 e. The molecular formula is C9H14N2O2S. The van der Waals surface area contributed by atoms with Gasteiger partial charge in [0.2, 0.25) is 0 Å². The molecule has 1 rings (SSSR count). The summed E-state index contributed by atoms with van der Waals surface area (Å²) >= 11 is 1.21. The molecule has 0 spiro atoms. The van der Waals surface area contributed by atoms with Gasteiger partial charge in [0.25, 0.3) is 0 Å². The highest BCUT2D eigenvalue weighted by Gasteiger charge is 2.13. The normalized spacial score (nSPS) is 13.1. The summed E-state index contributed by atoms with van der Waals surface area (Å²) in [6.45, 7) is 4.10. The van der Waals surface area contributed by atoms with Crippen LogP contribution in [-0.4, -0.2) is 11.0 Å². The van der Waals surface area contributed by atoms with E-state index in [1.54, 1.807) is 6.07 Å². The van der Waals surface area contributed by atoms with Crippen LogP contribution < -0.4 is 5.73 Å². The molecule has 0 aliphatic heterocycles. The highest BCUT2D eigenvalue weighted by atomic mass is 32.1. The molecule has 0 radical (unpaired) electrons. The summed E-state index contributed by atoms with van der Waals surface area (Å²) in [6.07, 6.45) is 0.718. The average Bonchev–Trinajstić information content (AvgIpc) is 2.52. The molecule has 4 nitrogen and oxygen atoms in total. The van der Waals surface area contributed by atoms with E-state index >= 15 is 0 Å². The number of nitrogens with zero attached hydrogens (tertiary/aromatic N) is 1. The monoisotopic (exact) mass is 214 g/mol. The van der Waals surface area contributed by atoms with Gasteiger partial charge in [0, 0.05) is 17.0 Å². The molecule has 1 aromatic rings. The molecule has 0 saturated carbocycles. The second-order valence-corrected chi connectivity index (χ2v) is 4.76. The van der Waals surface area contributed by atoms with Crippen molar-refractivity contribution in [3.05, 3.63) is 27.1 Å². The topological polar surface area (TPSA) is 69.2 Å². The van der Waals surface area contributed by atoms with Gasteiger partial charge < -0.3 is 5.73 Å². The second kappa shape index (κ2) is 4.52. The molecule has 0 fully saturated rings. The van der Waals surface area contributed by atoms with E-state index in [1.807, 2.05) is 13.8 Å². The number of hydrogen-bond acceptors (Lipinski definition) is 4. The maximum atomic E-state index is 10.4. The van der Waals surface area contributed by atoms with Crippen molar-refractivity contribution in [2.75, 3.05) is 0 Å². The van der Waals surface area contributed by atoms with Crippen molar-refractivity contribution in [2.45, 2.75) is 26.3 Å². The summed E-state index contributed by atoms with van der Waals surface area (Å²) in [4.78, 5) is 11.0. The first-order valence-electron chi connectivity index (χ1n) is 4.49. The van der Waals surface area contributed by atoms with Gasteiger partial charge in [-0.2, -0.15) is 0 Å². The van der Waals surface area contributed by atoms with Crippen LogP contribution in [0.1, 0.15) is 18.7 Å². The summed E-state index contributed by atoms with van der Waals surface area (Å²) in [7, 11) is 0. The minimum Gasteiger partial charge on any atom is -0.327 e. The number of hydrogen-bond donors (Lipinski definition) is 1. The third kappa shape index (κ3) is 2.78. The first-order chi connectivity index (χ1) is 6.50. The lowest BCUT2D eigenvalue weighted by molar-refractivity contribution is -0.380. The van der Waals surface area contributed by atoms with Crippen LogP contribution in [0.2, 0.25) is 0 Å². The Labute approximate surface area is 86.9 Å². The van der Waals surface area contributed by atoms with Gasteiger partial charge in [-0.25, -0.2) is 0 Å². The molecular weight excluding hydrogens is 200 g/mol. The Balaban J connectivity index is 2.64. The minimum atomic E-state index is -0.366. The Morgan fingerprint density at radius 1 is 1.57 bits per heavy atom. The molecule has 2 N–H and O–H groups in total. The summed E-state index contributed by atoms with van der Waals surface area (Å²) < 4.78 is 0. The van der Waals surface area contributed by atoms with Crippen LogP contribution in [-0.2, 0) is 6.42 Å². The fourth-order valence-corrected chi connectivity index (χ4v) is 1.93. The first-order valence-corrected chi connectivity index (χ1v) is 5.31. The second-order valence-electron chi connectivity index (χ2n) is 3.61. The third-order valence-electron chi connectivity index (χ3n) is 2.12. The maximum Gasteiger partial charge on any atom is 0.324 e. The molecule has 1 heterocycles. The molecule has 0 saturated heterocycles. The Morgan fingerprint density at radius 3 is 2.64 bits per heavy atom.